The van der Waals surface area contributed by atoms with Crippen molar-refractivity contribution in [2.45, 2.75) is 13.2 Å². The lowest BCUT2D eigenvalue weighted by Crippen LogP contribution is -2.27. The molecule has 0 unspecified atom stereocenters. The minimum atomic E-state index is -0.551. The first-order valence-corrected chi connectivity index (χ1v) is 11.2. The SMILES string of the molecule is O=C1SC(=Cc2cccc(OCc3c(F)cccc3Cl)c2)C(=O)N1Cc1ccccc1[N+](=O)[O-]. The maximum atomic E-state index is 14.0. The van der Waals surface area contributed by atoms with Crippen LogP contribution in [0.5, 0.6) is 5.75 Å². The Balaban J connectivity index is 1.50. The van der Waals surface area contributed by atoms with Crippen molar-refractivity contribution in [2.75, 3.05) is 0 Å². The molecule has 0 atom stereocenters. The number of thioether (sulfide) groups is 1. The molecule has 4 rings (SSSR count). The van der Waals surface area contributed by atoms with E-state index in [4.69, 9.17) is 16.3 Å². The van der Waals surface area contributed by atoms with E-state index in [1.807, 2.05) is 0 Å². The van der Waals surface area contributed by atoms with Crippen molar-refractivity contribution in [1.82, 2.24) is 4.90 Å². The van der Waals surface area contributed by atoms with Crippen LogP contribution >= 0.6 is 23.4 Å². The van der Waals surface area contributed by atoms with E-state index in [1.165, 1.54) is 36.4 Å². The third kappa shape index (κ3) is 5.11. The average Bonchev–Trinajstić information content (AvgIpc) is 3.06. The molecule has 0 saturated carbocycles. The minimum absolute atomic E-state index is 0.0820. The Morgan fingerprint density at radius 3 is 2.62 bits per heavy atom. The number of nitrogens with zero attached hydrogens (tertiary/aromatic N) is 2. The summed E-state index contributed by atoms with van der Waals surface area (Å²) in [4.78, 5) is 37.1. The first kappa shape index (κ1) is 23.5. The number of nitro benzene ring substituents is 1. The van der Waals surface area contributed by atoms with Gasteiger partial charge in [-0.05, 0) is 47.7 Å². The second-order valence-electron chi connectivity index (χ2n) is 7.22. The van der Waals surface area contributed by atoms with Crippen LogP contribution in [0.25, 0.3) is 6.08 Å². The number of hydrogen-bond donors (Lipinski definition) is 0. The number of benzene rings is 3. The van der Waals surface area contributed by atoms with Gasteiger partial charge in [0.05, 0.1) is 21.4 Å². The Morgan fingerprint density at radius 1 is 1.09 bits per heavy atom. The lowest BCUT2D eigenvalue weighted by Gasteiger charge is -2.12. The van der Waals surface area contributed by atoms with Gasteiger partial charge in [-0.2, -0.15) is 0 Å². The molecule has 3 aromatic rings. The van der Waals surface area contributed by atoms with Crippen LogP contribution in [-0.4, -0.2) is 21.0 Å². The Labute approximate surface area is 202 Å². The number of nitro groups is 1. The highest BCUT2D eigenvalue weighted by Gasteiger charge is 2.36. The van der Waals surface area contributed by atoms with Gasteiger partial charge in [0, 0.05) is 17.2 Å². The normalized spacial score (nSPS) is 14.6. The van der Waals surface area contributed by atoms with E-state index in [-0.39, 0.29) is 39.9 Å². The van der Waals surface area contributed by atoms with Gasteiger partial charge in [0.1, 0.15) is 18.2 Å². The van der Waals surface area contributed by atoms with Crippen LogP contribution in [0.4, 0.5) is 14.9 Å². The van der Waals surface area contributed by atoms with E-state index in [0.29, 0.717) is 11.3 Å². The molecule has 0 aromatic heterocycles. The fourth-order valence-corrected chi connectivity index (χ4v) is 4.36. The highest BCUT2D eigenvalue weighted by atomic mass is 35.5. The summed E-state index contributed by atoms with van der Waals surface area (Å²) < 4.78 is 19.6. The van der Waals surface area contributed by atoms with Crippen LogP contribution in [0.15, 0.2) is 71.6 Å². The zero-order valence-corrected chi connectivity index (χ0v) is 19.0. The molecule has 10 heteroatoms. The van der Waals surface area contributed by atoms with E-state index in [0.717, 1.165) is 16.7 Å². The van der Waals surface area contributed by atoms with Crippen molar-refractivity contribution >= 4 is 46.3 Å². The van der Waals surface area contributed by atoms with E-state index in [9.17, 15) is 24.1 Å². The molecule has 0 N–H and O–H groups in total. The van der Waals surface area contributed by atoms with Crippen LogP contribution in [0, 0.1) is 15.9 Å². The molecule has 0 radical (unpaired) electrons. The van der Waals surface area contributed by atoms with E-state index < -0.39 is 21.9 Å². The number of halogens is 2. The predicted molar refractivity (Wildman–Crippen MR) is 127 cm³/mol. The first-order valence-electron chi connectivity index (χ1n) is 9.97. The molecule has 1 aliphatic heterocycles. The molecule has 172 valence electrons. The predicted octanol–water partition coefficient (Wildman–Crippen LogP) is 6.20. The van der Waals surface area contributed by atoms with Crippen LogP contribution < -0.4 is 4.74 Å². The molecule has 1 aliphatic rings. The van der Waals surface area contributed by atoms with Gasteiger partial charge >= 0.3 is 0 Å². The fraction of sp³-hybridized carbons (Fsp3) is 0.0833. The summed E-state index contributed by atoms with van der Waals surface area (Å²) in [6, 6.07) is 17.1. The van der Waals surface area contributed by atoms with Crippen LogP contribution in [0.1, 0.15) is 16.7 Å². The number of ether oxygens (including phenoxy) is 1. The maximum Gasteiger partial charge on any atom is 0.293 e. The second kappa shape index (κ2) is 10.1. The van der Waals surface area contributed by atoms with Crippen LogP contribution in [0.2, 0.25) is 5.02 Å². The molecule has 0 bridgehead atoms. The zero-order valence-electron chi connectivity index (χ0n) is 17.4. The Bertz CT molecular complexity index is 1310. The Hall–Kier alpha value is -3.69. The third-order valence-corrected chi connectivity index (χ3v) is 6.25. The molecule has 3 aromatic carbocycles. The van der Waals surface area contributed by atoms with E-state index in [1.54, 1.807) is 36.4 Å². The second-order valence-corrected chi connectivity index (χ2v) is 8.62. The lowest BCUT2D eigenvalue weighted by atomic mass is 10.1. The maximum absolute atomic E-state index is 14.0. The summed E-state index contributed by atoms with van der Waals surface area (Å²) in [6.07, 6.45) is 1.53. The Kier molecular flexibility index (Phi) is 6.95. The smallest absolute Gasteiger partial charge is 0.293 e. The van der Waals surface area contributed by atoms with Gasteiger partial charge in [-0.3, -0.25) is 24.6 Å². The molecule has 1 saturated heterocycles. The average molecular weight is 499 g/mol. The van der Waals surface area contributed by atoms with Gasteiger partial charge in [-0.15, -0.1) is 0 Å². The molecule has 0 spiro atoms. The number of amides is 2. The van der Waals surface area contributed by atoms with E-state index >= 15 is 0 Å². The van der Waals surface area contributed by atoms with Crippen molar-refractivity contribution in [3.63, 3.8) is 0 Å². The Morgan fingerprint density at radius 2 is 1.85 bits per heavy atom. The summed E-state index contributed by atoms with van der Waals surface area (Å²) >= 11 is 6.78. The summed E-state index contributed by atoms with van der Waals surface area (Å²) in [5, 5.41) is 11.0. The van der Waals surface area contributed by atoms with Crippen LogP contribution in [0.3, 0.4) is 0 Å². The number of carbonyl (C=O) groups excluding carboxylic acids is 2. The number of rotatable bonds is 7. The van der Waals surface area contributed by atoms with Crippen molar-refractivity contribution in [1.29, 1.82) is 0 Å². The number of imide groups is 1. The number of para-hydroxylation sites is 1. The summed E-state index contributed by atoms with van der Waals surface area (Å²) in [7, 11) is 0. The molecule has 1 fully saturated rings. The largest absolute Gasteiger partial charge is 0.489 e. The number of hydrogen-bond acceptors (Lipinski definition) is 6. The van der Waals surface area contributed by atoms with Crippen molar-refractivity contribution in [3.05, 3.63) is 109 Å². The van der Waals surface area contributed by atoms with Gasteiger partial charge in [0.25, 0.3) is 16.8 Å². The van der Waals surface area contributed by atoms with Gasteiger partial charge in [-0.25, -0.2) is 4.39 Å². The minimum Gasteiger partial charge on any atom is -0.489 e. The molecule has 34 heavy (non-hydrogen) atoms. The molecule has 2 amide bonds. The topological polar surface area (TPSA) is 89.8 Å². The van der Waals surface area contributed by atoms with Gasteiger partial charge < -0.3 is 4.74 Å². The molecular formula is C24H16ClFN2O5S. The fourth-order valence-electron chi connectivity index (χ4n) is 3.30. The standard InChI is InChI=1S/C24H16ClFN2O5S/c25-19-8-4-9-20(26)18(19)14-33-17-7-3-5-15(11-17)12-22-23(29)27(24(30)34-22)13-16-6-1-2-10-21(16)28(31)32/h1-12H,13-14H2. The third-order valence-electron chi connectivity index (χ3n) is 4.99. The highest BCUT2D eigenvalue weighted by Crippen LogP contribution is 2.35. The summed E-state index contributed by atoms with van der Waals surface area (Å²) in [5.41, 5.74) is 0.919. The molecule has 1 heterocycles. The van der Waals surface area contributed by atoms with Crippen molar-refractivity contribution in [2.24, 2.45) is 0 Å². The monoisotopic (exact) mass is 498 g/mol. The van der Waals surface area contributed by atoms with Crippen molar-refractivity contribution in [3.8, 4) is 5.75 Å². The lowest BCUT2D eigenvalue weighted by molar-refractivity contribution is -0.385. The van der Waals surface area contributed by atoms with Crippen LogP contribution in [-0.2, 0) is 17.9 Å². The van der Waals surface area contributed by atoms with Gasteiger partial charge in [0.15, 0.2) is 0 Å². The number of carbonyl (C=O) groups is 2. The quantitative estimate of drug-likeness (QED) is 0.219. The molecule has 7 nitrogen and oxygen atoms in total. The molecule has 0 aliphatic carbocycles. The summed E-state index contributed by atoms with van der Waals surface area (Å²) in [5.74, 6) is -0.596. The van der Waals surface area contributed by atoms with E-state index in [2.05, 4.69) is 0 Å². The van der Waals surface area contributed by atoms with Gasteiger partial charge in [-0.1, -0.05) is 48.0 Å². The first-order chi connectivity index (χ1) is 16.3. The molecular weight excluding hydrogens is 483 g/mol. The zero-order chi connectivity index (χ0) is 24.2. The summed E-state index contributed by atoms with van der Waals surface area (Å²) in [6.45, 7) is -0.285. The highest BCUT2D eigenvalue weighted by molar-refractivity contribution is 8.18. The van der Waals surface area contributed by atoms with Crippen molar-refractivity contribution < 1.29 is 23.6 Å². The van der Waals surface area contributed by atoms with Gasteiger partial charge in [0.2, 0.25) is 0 Å².